The molecule has 0 saturated heterocycles. The predicted molar refractivity (Wildman–Crippen MR) is 51.8 cm³/mol. The van der Waals surface area contributed by atoms with Crippen molar-refractivity contribution in [3.63, 3.8) is 0 Å². The maximum atomic E-state index is 10.7. The third kappa shape index (κ3) is 7.34. The number of carbonyl (C=O) groups is 2. The number of hydrogen-bond donors (Lipinski definition) is 1. The molecule has 0 aliphatic rings. The van der Waals surface area contributed by atoms with Crippen LogP contribution in [0.5, 0.6) is 0 Å². The maximum absolute atomic E-state index is 10.7. The molecule has 14 heavy (non-hydrogen) atoms. The predicted octanol–water partition coefficient (Wildman–Crippen LogP) is 1.61. The molecule has 0 heterocycles. The second-order valence-electron chi connectivity index (χ2n) is 3.23. The summed E-state index contributed by atoms with van der Waals surface area (Å²) in [6.07, 6.45) is 2.64. The molecule has 0 aliphatic heterocycles. The van der Waals surface area contributed by atoms with Crippen LogP contribution in [0.4, 0.5) is 0 Å². The molecule has 1 N–H and O–H groups in total. The van der Waals surface area contributed by atoms with Crippen LogP contribution in [0.1, 0.15) is 26.2 Å². The monoisotopic (exact) mass is 200 g/mol. The molecule has 0 aliphatic carbocycles. The standard InChI is InChI=1S/C10H16O4/c1-3-10(13)14-7-8(2)5-4-6-9(11)12/h3,8H,1,4-7H2,2H3,(H,11,12). The van der Waals surface area contributed by atoms with E-state index in [0.29, 0.717) is 13.0 Å². The van der Waals surface area contributed by atoms with E-state index in [4.69, 9.17) is 9.84 Å². The lowest BCUT2D eigenvalue weighted by atomic mass is 10.1. The van der Waals surface area contributed by atoms with E-state index in [2.05, 4.69) is 6.58 Å². The number of esters is 1. The minimum absolute atomic E-state index is 0.166. The Kier molecular flexibility index (Phi) is 6.45. The van der Waals surface area contributed by atoms with Gasteiger partial charge < -0.3 is 9.84 Å². The summed E-state index contributed by atoms with van der Waals surface area (Å²) < 4.78 is 4.81. The molecule has 0 amide bonds. The van der Waals surface area contributed by atoms with Crippen molar-refractivity contribution in [3.05, 3.63) is 12.7 Å². The van der Waals surface area contributed by atoms with E-state index in [0.717, 1.165) is 12.5 Å². The Morgan fingerprint density at radius 2 is 2.21 bits per heavy atom. The first-order valence-corrected chi connectivity index (χ1v) is 4.57. The van der Waals surface area contributed by atoms with Gasteiger partial charge in [0.05, 0.1) is 6.61 Å². The lowest BCUT2D eigenvalue weighted by molar-refractivity contribution is -0.140. The third-order valence-electron chi connectivity index (χ3n) is 1.76. The smallest absolute Gasteiger partial charge is 0.330 e. The fourth-order valence-corrected chi connectivity index (χ4v) is 0.968. The molecule has 0 rings (SSSR count). The molecule has 0 fully saturated rings. The first-order chi connectivity index (χ1) is 6.56. The van der Waals surface area contributed by atoms with Crippen LogP contribution in [0, 0.1) is 5.92 Å². The molecule has 0 spiro atoms. The molecule has 4 heteroatoms. The lowest BCUT2D eigenvalue weighted by Gasteiger charge is -2.09. The molecule has 0 radical (unpaired) electrons. The molecule has 0 saturated carbocycles. The maximum Gasteiger partial charge on any atom is 0.330 e. The zero-order chi connectivity index (χ0) is 11.0. The molecule has 4 nitrogen and oxygen atoms in total. The normalized spacial score (nSPS) is 11.8. The van der Waals surface area contributed by atoms with E-state index in [1.54, 1.807) is 0 Å². The zero-order valence-corrected chi connectivity index (χ0v) is 8.36. The van der Waals surface area contributed by atoms with Gasteiger partial charge in [0, 0.05) is 12.5 Å². The molecular formula is C10H16O4. The fraction of sp³-hybridized carbons (Fsp3) is 0.600. The Balaban J connectivity index is 3.45. The molecule has 0 aromatic heterocycles. The summed E-state index contributed by atoms with van der Waals surface area (Å²) >= 11 is 0. The number of rotatable bonds is 7. The number of carboxylic acids is 1. The Hall–Kier alpha value is -1.32. The summed E-state index contributed by atoms with van der Waals surface area (Å²) in [6.45, 7) is 5.51. The lowest BCUT2D eigenvalue weighted by Crippen LogP contribution is -2.10. The van der Waals surface area contributed by atoms with E-state index in [-0.39, 0.29) is 12.3 Å². The van der Waals surface area contributed by atoms with Crippen LogP contribution in [-0.4, -0.2) is 23.7 Å². The highest BCUT2D eigenvalue weighted by atomic mass is 16.5. The van der Waals surface area contributed by atoms with Crippen molar-refractivity contribution in [2.24, 2.45) is 5.92 Å². The third-order valence-corrected chi connectivity index (χ3v) is 1.76. The molecule has 80 valence electrons. The van der Waals surface area contributed by atoms with Gasteiger partial charge in [-0.05, 0) is 18.8 Å². The van der Waals surface area contributed by atoms with E-state index in [1.807, 2.05) is 6.92 Å². The zero-order valence-electron chi connectivity index (χ0n) is 8.36. The summed E-state index contributed by atoms with van der Waals surface area (Å²) in [5, 5.41) is 8.38. The number of hydrogen-bond acceptors (Lipinski definition) is 3. The fourth-order valence-electron chi connectivity index (χ4n) is 0.968. The van der Waals surface area contributed by atoms with Gasteiger partial charge in [-0.25, -0.2) is 4.79 Å². The van der Waals surface area contributed by atoms with Crippen molar-refractivity contribution in [3.8, 4) is 0 Å². The van der Waals surface area contributed by atoms with E-state index >= 15 is 0 Å². The van der Waals surface area contributed by atoms with Crippen molar-refractivity contribution in [1.82, 2.24) is 0 Å². The van der Waals surface area contributed by atoms with E-state index in [1.165, 1.54) is 0 Å². The van der Waals surface area contributed by atoms with Crippen LogP contribution in [0.2, 0.25) is 0 Å². The van der Waals surface area contributed by atoms with Gasteiger partial charge >= 0.3 is 11.9 Å². The average molecular weight is 200 g/mol. The van der Waals surface area contributed by atoms with Gasteiger partial charge in [0.25, 0.3) is 0 Å². The Labute approximate surface area is 83.6 Å². The van der Waals surface area contributed by atoms with Crippen LogP contribution in [0.15, 0.2) is 12.7 Å². The highest BCUT2D eigenvalue weighted by molar-refractivity contribution is 5.81. The SMILES string of the molecule is C=CC(=O)OCC(C)CCCC(=O)O. The first kappa shape index (κ1) is 12.7. The molecule has 1 atom stereocenters. The highest BCUT2D eigenvalue weighted by Gasteiger charge is 2.06. The van der Waals surface area contributed by atoms with Gasteiger partial charge in [-0.15, -0.1) is 0 Å². The van der Waals surface area contributed by atoms with Gasteiger partial charge in [-0.3, -0.25) is 4.79 Å². The second kappa shape index (κ2) is 7.12. The van der Waals surface area contributed by atoms with Crippen LogP contribution in [0.25, 0.3) is 0 Å². The Morgan fingerprint density at radius 3 is 2.71 bits per heavy atom. The van der Waals surface area contributed by atoms with Gasteiger partial charge in [0.15, 0.2) is 0 Å². The Bertz CT molecular complexity index is 210. The first-order valence-electron chi connectivity index (χ1n) is 4.57. The van der Waals surface area contributed by atoms with E-state index in [9.17, 15) is 9.59 Å². The van der Waals surface area contributed by atoms with Gasteiger partial charge in [-0.2, -0.15) is 0 Å². The molecule has 1 unspecified atom stereocenters. The number of ether oxygens (including phenoxy) is 1. The molecule has 0 aromatic rings. The van der Waals surface area contributed by atoms with Crippen molar-refractivity contribution in [2.75, 3.05) is 6.61 Å². The Morgan fingerprint density at radius 1 is 1.57 bits per heavy atom. The van der Waals surface area contributed by atoms with Crippen LogP contribution in [-0.2, 0) is 14.3 Å². The summed E-state index contributed by atoms with van der Waals surface area (Å²) in [5.74, 6) is -1.03. The summed E-state index contributed by atoms with van der Waals surface area (Å²) in [5.41, 5.74) is 0. The quantitative estimate of drug-likeness (QED) is 0.501. The van der Waals surface area contributed by atoms with Crippen LogP contribution in [0.3, 0.4) is 0 Å². The summed E-state index contributed by atoms with van der Waals surface area (Å²) in [4.78, 5) is 20.9. The molecule has 0 aromatic carbocycles. The minimum Gasteiger partial charge on any atom is -0.481 e. The highest BCUT2D eigenvalue weighted by Crippen LogP contribution is 2.08. The molecule has 0 bridgehead atoms. The van der Waals surface area contributed by atoms with Gasteiger partial charge in [0.2, 0.25) is 0 Å². The molecular weight excluding hydrogens is 184 g/mol. The van der Waals surface area contributed by atoms with Crippen molar-refractivity contribution < 1.29 is 19.4 Å². The number of aliphatic carboxylic acids is 1. The van der Waals surface area contributed by atoms with Crippen LogP contribution >= 0.6 is 0 Å². The van der Waals surface area contributed by atoms with Gasteiger partial charge in [-0.1, -0.05) is 13.5 Å². The second-order valence-corrected chi connectivity index (χ2v) is 3.23. The topological polar surface area (TPSA) is 63.6 Å². The average Bonchev–Trinajstić information content (AvgIpc) is 2.13. The van der Waals surface area contributed by atoms with Crippen molar-refractivity contribution in [2.45, 2.75) is 26.2 Å². The van der Waals surface area contributed by atoms with Crippen molar-refractivity contribution >= 4 is 11.9 Å². The summed E-state index contributed by atoms with van der Waals surface area (Å²) in [7, 11) is 0. The number of carbonyl (C=O) groups excluding carboxylic acids is 1. The number of carboxylic acid groups (broad SMARTS) is 1. The van der Waals surface area contributed by atoms with Crippen LogP contribution < -0.4 is 0 Å². The van der Waals surface area contributed by atoms with Gasteiger partial charge in [0.1, 0.15) is 0 Å². The van der Waals surface area contributed by atoms with E-state index < -0.39 is 11.9 Å². The minimum atomic E-state index is -0.791. The summed E-state index contributed by atoms with van der Waals surface area (Å²) in [6, 6.07) is 0. The van der Waals surface area contributed by atoms with Crippen molar-refractivity contribution in [1.29, 1.82) is 0 Å². The largest absolute Gasteiger partial charge is 0.481 e.